The van der Waals surface area contributed by atoms with Crippen molar-refractivity contribution in [2.45, 2.75) is 5.60 Å². The van der Waals surface area contributed by atoms with Crippen LogP contribution >= 0.6 is 23.2 Å². The van der Waals surface area contributed by atoms with E-state index in [-0.39, 0.29) is 13.2 Å². The summed E-state index contributed by atoms with van der Waals surface area (Å²) >= 11 is 11.9. The molecule has 0 aliphatic carbocycles. The number of hydrogen-bond donors (Lipinski definition) is 1. The van der Waals surface area contributed by atoms with Gasteiger partial charge in [-0.05, 0) is 17.7 Å². The Morgan fingerprint density at radius 1 is 1.45 bits per heavy atom. The smallest absolute Gasteiger partial charge is 0.407 e. The first kappa shape index (κ1) is 15.4. The third-order valence-corrected chi connectivity index (χ3v) is 4.13. The molecule has 1 amide bonds. The number of rotatable bonds is 2. The van der Waals surface area contributed by atoms with E-state index in [0.717, 1.165) is 5.56 Å². The Labute approximate surface area is 127 Å². The molecular formula is C13H15Cl2NO4. The van der Waals surface area contributed by atoms with Gasteiger partial charge in [-0.3, -0.25) is 0 Å². The van der Waals surface area contributed by atoms with Crippen LogP contribution in [0.1, 0.15) is 5.56 Å². The van der Waals surface area contributed by atoms with Crippen LogP contribution in [0, 0.1) is 0 Å². The maximum absolute atomic E-state index is 11.2. The molecular weight excluding hydrogens is 305 g/mol. The third kappa shape index (κ3) is 3.01. The van der Waals surface area contributed by atoms with Crippen LogP contribution in [-0.2, 0) is 15.1 Å². The van der Waals surface area contributed by atoms with Gasteiger partial charge in [0.1, 0.15) is 5.60 Å². The summed E-state index contributed by atoms with van der Waals surface area (Å²) in [6.45, 7) is 1.07. The third-order valence-electron chi connectivity index (χ3n) is 3.39. The molecule has 0 bridgehead atoms. The molecule has 1 saturated heterocycles. The van der Waals surface area contributed by atoms with Gasteiger partial charge in [0.15, 0.2) is 0 Å². The van der Waals surface area contributed by atoms with E-state index >= 15 is 0 Å². The topological polar surface area (TPSA) is 59.0 Å². The fourth-order valence-electron chi connectivity index (χ4n) is 2.20. The molecule has 1 fully saturated rings. The molecule has 1 heterocycles. The van der Waals surface area contributed by atoms with Crippen molar-refractivity contribution in [3.63, 3.8) is 0 Å². The molecule has 0 unspecified atom stereocenters. The lowest BCUT2D eigenvalue weighted by Gasteiger charge is -2.33. The quantitative estimate of drug-likeness (QED) is 0.910. The summed E-state index contributed by atoms with van der Waals surface area (Å²) in [5.74, 6) is 0. The highest BCUT2D eigenvalue weighted by molar-refractivity contribution is 6.42. The summed E-state index contributed by atoms with van der Waals surface area (Å²) in [6.07, 6.45) is -1.00. The zero-order valence-corrected chi connectivity index (χ0v) is 12.4. The average molecular weight is 320 g/mol. The second-order valence-electron chi connectivity index (χ2n) is 4.58. The van der Waals surface area contributed by atoms with E-state index in [1.165, 1.54) is 12.0 Å². The van der Waals surface area contributed by atoms with Crippen molar-refractivity contribution in [2.24, 2.45) is 0 Å². The van der Waals surface area contributed by atoms with Crippen LogP contribution in [0.3, 0.4) is 0 Å². The van der Waals surface area contributed by atoms with Crippen LogP contribution in [0.2, 0.25) is 10.0 Å². The molecule has 0 saturated carbocycles. The molecule has 1 atom stereocenters. The molecule has 1 aromatic rings. The van der Waals surface area contributed by atoms with Crippen LogP contribution in [0.5, 0.6) is 0 Å². The van der Waals surface area contributed by atoms with Gasteiger partial charge in [-0.15, -0.1) is 0 Å². The molecule has 0 radical (unpaired) electrons. The SMILES string of the molecule is CO[C@]1(c2ccc(Cl)c(Cl)c2)COCCN(C(=O)O)C1. The maximum Gasteiger partial charge on any atom is 0.407 e. The molecule has 5 nitrogen and oxygen atoms in total. The summed E-state index contributed by atoms with van der Waals surface area (Å²) < 4.78 is 11.1. The largest absolute Gasteiger partial charge is 0.465 e. The second kappa shape index (κ2) is 6.18. The van der Waals surface area contributed by atoms with Gasteiger partial charge in [0, 0.05) is 13.7 Å². The summed E-state index contributed by atoms with van der Waals surface area (Å²) in [6, 6.07) is 5.12. The Bertz CT molecular complexity index is 511. The Balaban J connectivity index is 2.39. The number of amides is 1. The summed E-state index contributed by atoms with van der Waals surface area (Å²) in [5.41, 5.74) is -0.147. The van der Waals surface area contributed by atoms with Gasteiger partial charge in [0.25, 0.3) is 0 Å². The first-order valence-corrected chi connectivity index (χ1v) is 6.80. The summed E-state index contributed by atoms with van der Waals surface area (Å²) in [7, 11) is 1.53. The maximum atomic E-state index is 11.2. The lowest BCUT2D eigenvalue weighted by atomic mass is 9.94. The fraction of sp³-hybridized carbons (Fsp3) is 0.462. The minimum atomic E-state index is -1.00. The number of carbonyl (C=O) groups is 1. The fourth-order valence-corrected chi connectivity index (χ4v) is 2.50. The van der Waals surface area contributed by atoms with E-state index in [4.69, 9.17) is 32.7 Å². The van der Waals surface area contributed by atoms with E-state index < -0.39 is 11.7 Å². The van der Waals surface area contributed by atoms with Crippen LogP contribution in [0.15, 0.2) is 18.2 Å². The zero-order valence-electron chi connectivity index (χ0n) is 10.9. The highest BCUT2D eigenvalue weighted by Gasteiger charge is 2.38. The number of hydrogen-bond acceptors (Lipinski definition) is 3. The minimum Gasteiger partial charge on any atom is -0.465 e. The van der Waals surface area contributed by atoms with Crippen molar-refractivity contribution in [1.82, 2.24) is 4.90 Å². The standard InChI is InChI=1S/C13H15Cl2NO4/c1-19-13(9-2-3-10(14)11(15)6-9)7-16(12(17)18)4-5-20-8-13/h2-3,6H,4-5,7-8H2,1H3,(H,17,18)/t13-/m0/s1. The monoisotopic (exact) mass is 319 g/mol. The van der Waals surface area contributed by atoms with Crippen molar-refractivity contribution in [3.05, 3.63) is 33.8 Å². The Morgan fingerprint density at radius 3 is 2.80 bits per heavy atom. The molecule has 1 aliphatic heterocycles. The molecule has 2 rings (SSSR count). The van der Waals surface area contributed by atoms with E-state index in [2.05, 4.69) is 0 Å². The predicted octanol–water partition coefficient (Wildman–Crippen LogP) is 2.85. The van der Waals surface area contributed by atoms with Gasteiger partial charge in [-0.2, -0.15) is 0 Å². The van der Waals surface area contributed by atoms with Gasteiger partial charge in [-0.25, -0.2) is 4.79 Å². The average Bonchev–Trinajstić information content (AvgIpc) is 2.65. The van der Waals surface area contributed by atoms with Crippen LogP contribution < -0.4 is 0 Å². The van der Waals surface area contributed by atoms with Crippen molar-refractivity contribution < 1.29 is 19.4 Å². The predicted molar refractivity (Wildman–Crippen MR) is 75.6 cm³/mol. The molecule has 0 spiro atoms. The molecule has 1 aromatic carbocycles. The first-order valence-electron chi connectivity index (χ1n) is 6.05. The summed E-state index contributed by atoms with van der Waals surface area (Å²) in [5, 5.41) is 10.0. The Hall–Kier alpha value is -1.01. The highest BCUT2D eigenvalue weighted by atomic mass is 35.5. The van der Waals surface area contributed by atoms with Gasteiger partial charge in [0.2, 0.25) is 0 Å². The number of ether oxygens (including phenoxy) is 2. The van der Waals surface area contributed by atoms with Crippen molar-refractivity contribution in [1.29, 1.82) is 0 Å². The number of nitrogens with zero attached hydrogens (tertiary/aromatic N) is 1. The van der Waals surface area contributed by atoms with E-state index in [1.807, 2.05) is 0 Å². The van der Waals surface area contributed by atoms with Crippen molar-refractivity contribution in [3.8, 4) is 0 Å². The molecule has 0 aromatic heterocycles. The van der Waals surface area contributed by atoms with Gasteiger partial charge >= 0.3 is 6.09 Å². The molecule has 20 heavy (non-hydrogen) atoms. The van der Waals surface area contributed by atoms with Crippen LogP contribution in [0.25, 0.3) is 0 Å². The van der Waals surface area contributed by atoms with Crippen molar-refractivity contribution in [2.75, 3.05) is 33.4 Å². The lowest BCUT2D eigenvalue weighted by Crippen LogP contribution is -2.45. The van der Waals surface area contributed by atoms with Crippen LogP contribution in [-0.4, -0.2) is 49.5 Å². The number of halogens is 2. The first-order chi connectivity index (χ1) is 9.48. The normalized spacial score (nSPS) is 23.4. The molecule has 1 N–H and O–H groups in total. The summed E-state index contributed by atoms with van der Waals surface area (Å²) in [4.78, 5) is 12.5. The lowest BCUT2D eigenvalue weighted by molar-refractivity contribution is -0.0720. The van der Waals surface area contributed by atoms with Gasteiger partial charge in [-0.1, -0.05) is 29.3 Å². The molecule has 1 aliphatic rings. The Morgan fingerprint density at radius 2 is 2.20 bits per heavy atom. The van der Waals surface area contributed by atoms with Gasteiger partial charge in [0.05, 0.1) is 29.8 Å². The van der Waals surface area contributed by atoms with E-state index in [1.54, 1.807) is 18.2 Å². The Kier molecular flexibility index (Phi) is 4.75. The van der Waals surface area contributed by atoms with Crippen molar-refractivity contribution >= 4 is 29.3 Å². The molecule has 7 heteroatoms. The number of methoxy groups -OCH3 is 1. The van der Waals surface area contributed by atoms with E-state index in [0.29, 0.717) is 23.2 Å². The molecule has 110 valence electrons. The highest BCUT2D eigenvalue weighted by Crippen LogP contribution is 2.33. The minimum absolute atomic E-state index is 0.177. The number of carboxylic acid groups (broad SMARTS) is 1. The van der Waals surface area contributed by atoms with Crippen LogP contribution in [0.4, 0.5) is 4.79 Å². The van der Waals surface area contributed by atoms with Gasteiger partial charge < -0.3 is 19.5 Å². The van der Waals surface area contributed by atoms with E-state index in [9.17, 15) is 9.90 Å². The second-order valence-corrected chi connectivity index (χ2v) is 5.40. The number of benzene rings is 1. The zero-order chi connectivity index (χ0) is 14.8.